The number of aliphatic carboxylic acids is 1. The number of carbonyl (C=O) groups excluding carboxylic acids is 1. The number of benzene rings is 1. The van der Waals surface area contributed by atoms with Crippen LogP contribution >= 0.6 is 23.2 Å². The molecule has 5 nitrogen and oxygen atoms in total. The molecule has 2 aromatic rings. The first kappa shape index (κ1) is 16.3. The molecule has 1 atom stereocenters. The van der Waals surface area contributed by atoms with Crippen LogP contribution in [0.2, 0.25) is 10.0 Å². The molecule has 2 rings (SSSR count). The molecule has 114 valence electrons. The van der Waals surface area contributed by atoms with Crippen LogP contribution in [0.5, 0.6) is 0 Å². The van der Waals surface area contributed by atoms with Gasteiger partial charge < -0.3 is 10.4 Å². The molecule has 0 bridgehead atoms. The summed E-state index contributed by atoms with van der Waals surface area (Å²) in [6.07, 6.45) is 1.45. The zero-order valence-corrected chi connectivity index (χ0v) is 13.0. The van der Waals surface area contributed by atoms with Crippen molar-refractivity contribution in [1.29, 1.82) is 0 Å². The summed E-state index contributed by atoms with van der Waals surface area (Å²) < 4.78 is 0. The average molecular weight is 339 g/mol. The molecule has 22 heavy (non-hydrogen) atoms. The van der Waals surface area contributed by atoms with Crippen LogP contribution in [0, 0.1) is 0 Å². The summed E-state index contributed by atoms with van der Waals surface area (Å²) in [5, 5.41) is 12.5. The van der Waals surface area contributed by atoms with Gasteiger partial charge in [0.15, 0.2) is 5.54 Å². The molecule has 0 fully saturated rings. The van der Waals surface area contributed by atoms with Gasteiger partial charge in [-0.3, -0.25) is 9.78 Å². The normalized spacial score (nSPS) is 13.2. The highest BCUT2D eigenvalue weighted by molar-refractivity contribution is 6.42. The topological polar surface area (TPSA) is 79.3 Å². The lowest BCUT2D eigenvalue weighted by Crippen LogP contribution is -2.49. The Hall–Kier alpha value is -2.11. The van der Waals surface area contributed by atoms with Crippen LogP contribution in [0.15, 0.2) is 42.6 Å². The second kappa shape index (κ2) is 6.34. The van der Waals surface area contributed by atoms with Gasteiger partial charge in [0.1, 0.15) is 5.69 Å². The molecule has 0 aliphatic rings. The number of aromatic nitrogens is 1. The van der Waals surface area contributed by atoms with Gasteiger partial charge in [0, 0.05) is 6.20 Å². The highest BCUT2D eigenvalue weighted by atomic mass is 35.5. The van der Waals surface area contributed by atoms with Gasteiger partial charge in [-0.1, -0.05) is 35.3 Å². The molecule has 0 radical (unpaired) electrons. The van der Waals surface area contributed by atoms with E-state index < -0.39 is 17.4 Å². The molecular weight excluding hydrogens is 327 g/mol. The van der Waals surface area contributed by atoms with Gasteiger partial charge in [-0.25, -0.2) is 4.79 Å². The van der Waals surface area contributed by atoms with Crippen molar-refractivity contribution in [2.24, 2.45) is 0 Å². The fourth-order valence-electron chi connectivity index (χ4n) is 1.84. The van der Waals surface area contributed by atoms with Crippen LogP contribution in [0.4, 0.5) is 0 Å². The van der Waals surface area contributed by atoms with Gasteiger partial charge >= 0.3 is 5.97 Å². The first-order valence-corrected chi connectivity index (χ1v) is 7.02. The van der Waals surface area contributed by atoms with E-state index in [1.165, 1.54) is 37.4 Å². The highest BCUT2D eigenvalue weighted by Gasteiger charge is 2.37. The Morgan fingerprint density at radius 2 is 1.91 bits per heavy atom. The van der Waals surface area contributed by atoms with Gasteiger partial charge in [-0.05, 0) is 36.8 Å². The molecule has 1 unspecified atom stereocenters. The summed E-state index contributed by atoms with van der Waals surface area (Å²) in [5.74, 6) is -1.83. The van der Waals surface area contributed by atoms with Crippen LogP contribution < -0.4 is 5.32 Å². The first-order chi connectivity index (χ1) is 10.3. The summed E-state index contributed by atoms with van der Waals surface area (Å²) in [6.45, 7) is 1.37. The second-order valence-electron chi connectivity index (χ2n) is 4.73. The molecule has 1 amide bonds. The van der Waals surface area contributed by atoms with Crippen molar-refractivity contribution < 1.29 is 14.7 Å². The van der Waals surface area contributed by atoms with E-state index in [-0.39, 0.29) is 10.7 Å². The van der Waals surface area contributed by atoms with E-state index >= 15 is 0 Å². The van der Waals surface area contributed by atoms with Crippen LogP contribution in [0.25, 0.3) is 0 Å². The molecule has 0 saturated carbocycles. The van der Waals surface area contributed by atoms with Crippen molar-refractivity contribution >= 4 is 35.1 Å². The summed E-state index contributed by atoms with van der Waals surface area (Å²) in [7, 11) is 0. The van der Waals surface area contributed by atoms with E-state index in [9.17, 15) is 14.7 Å². The van der Waals surface area contributed by atoms with Crippen molar-refractivity contribution in [1.82, 2.24) is 10.3 Å². The fourth-order valence-corrected chi connectivity index (χ4v) is 2.14. The maximum absolute atomic E-state index is 12.2. The van der Waals surface area contributed by atoms with E-state index in [0.717, 1.165) is 0 Å². The predicted molar refractivity (Wildman–Crippen MR) is 83.2 cm³/mol. The van der Waals surface area contributed by atoms with E-state index in [0.29, 0.717) is 10.6 Å². The van der Waals surface area contributed by atoms with Crippen molar-refractivity contribution in [3.05, 3.63) is 63.9 Å². The van der Waals surface area contributed by atoms with Crippen molar-refractivity contribution in [3.8, 4) is 0 Å². The van der Waals surface area contributed by atoms with Crippen molar-refractivity contribution in [2.75, 3.05) is 0 Å². The Kier molecular flexibility index (Phi) is 4.68. The zero-order chi connectivity index (χ0) is 16.3. The lowest BCUT2D eigenvalue weighted by molar-refractivity contribution is -0.144. The number of amides is 1. The number of carboxylic acid groups (broad SMARTS) is 1. The lowest BCUT2D eigenvalue weighted by Gasteiger charge is -2.27. The molecule has 0 aliphatic heterocycles. The lowest BCUT2D eigenvalue weighted by atomic mass is 9.92. The zero-order valence-electron chi connectivity index (χ0n) is 11.5. The molecule has 0 aliphatic carbocycles. The predicted octanol–water partition coefficient (Wildman–Crippen LogP) is 3.12. The molecule has 0 spiro atoms. The van der Waals surface area contributed by atoms with E-state index in [4.69, 9.17) is 23.2 Å². The minimum atomic E-state index is -1.66. The number of nitrogens with one attached hydrogen (secondary N) is 1. The molecule has 1 aromatic heterocycles. The molecule has 2 N–H and O–H groups in total. The number of hydrogen-bond donors (Lipinski definition) is 2. The minimum absolute atomic E-state index is 0.120. The van der Waals surface area contributed by atoms with E-state index in [2.05, 4.69) is 10.3 Å². The van der Waals surface area contributed by atoms with E-state index in [1.54, 1.807) is 12.1 Å². The first-order valence-electron chi connectivity index (χ1n) is 6.27. The molecule has 1 heterocycles. The van der Waals surface area contributed by atoms with Crippen LogP contribution in [0.1, 0.15) is 23.0 Å². The van der Waals surface area contributed by atoms with Crippen molar-refractivity contribution in [2.45, 2.75) is 12.5 Å². The summed E-state index contributed by atoms with van der Waals surface area (Å²) >= 11 is 11.8. The third-order valence-electron chi connectivity index (χ3n) is 3.19. The Balaban J connectivity index is 2.38. The largest absolute Gasteiger partial charge is 0.479 e. The van der Waals surface area contributed by atoms with Gasteiger partial charge in [0.25, 0.3) is 5.91 Å². The van der Waals surface area contributed by atoms with Crippen LogP contribution in [0.3, 0.4) is 0 Å². The second-order valence-corrected chi connectivity index (χ2v) is 5.54. The smallest absolute Gasteiger partial charge is 0.333 e. The Morgan fingerprint density at radius 3 is 2.45 bits per heavy atom. The number of carboxylic acids is 1. The molecule has 1 aromatic carbocycles. The summed E-state index contributed by atoms with van der Waals surface area (Å²) in [4.78, 5) is 27.8. The Morgan fingerprint density at radius 1 is 1.18 bits per heavy atom. The number of halogens is 2. The number of carbonyl (C=O) groups is 2. The van der Waals surface area contributed by atoms with E-state index in [1.807, 2.05) is 0 Å². The fraction of sp³-hybridized carbons (Fsp3) is 0.133. The summed E-state index contributed by atoms with van der Waals surface area (Å²) in [5.41, 5.74) is -1.24. The number of nitrogens with zero attached hydrogens (tertiary/aromatic N) is 1. The third-order valence-corrected chi connectivity index (χ3v) is 3.92. The number of hydrogen-bond acceptors (Lipinski definition) is 3. The quantitative estimate of drug-likeness (QED) is 0.897. The SMILES string of the molecule is CC(NC(=O)c1ccccn1)(C(=O)O)c1ccc(Cl)c(Cl)c1. The number of rotatable bonds is 4. The molecule has 0 saturated heterocycles. The standard InChI is InChI=1S/C15H12Cl2N2O3/c1-15(14(21)22,9-5-6-10(16)11(17)8-9)19-13(20)12-4-2-3-7-18-12/h2-8H,1H3,(H,19,20)(H,21,22). The number of pyridine rings is 1. The Labute approximate surface area is 136 Å². The van der Waals surface area contributed by atoms with Gasteiger partial charge in [-0.2, -0.15) is 0 Å². The molecule has 7 heteroatoms. The maximum atomic E-state index is 12.2. The van der Waals surface area contributed by atoms with Gasteiger partial charge in [0.2, 0.25) is 0 Å². The highest BCUT2D eigenvalue weighted by Crippen LogP contribution is 2.29. The maximum Gasteiger partial charge on any atom is 0.333 e. The van der Waals surface area contributed by atoms with Gasteiger partial charge in [-0.15, -0.1) is 0 Å². The Bertz CT molecular complexity index is 722. The molecular formula is C15H12Cl2N2O3. The van der Waals surface area contributed by atoms with Gasteiger partial charge in [0.05, 0.1) is 10.0 Å². The monoisotopic (exact) mass is 338 g/mol. The third kappa shape index (κ3) is 3.21. The van der Waals surface area contributed by atoms with Crippen molar-refractivity contribution in [3.63, 3.8) is 0 Å². The summed E-state index contributed by atoms with van der Waals surface area (Å²) in [6, 6.07) is 9.18. The van der Waals surface area contributed by atoms with Crippen LogP contribution in [-0.2, 0) is 10.3 Å². The average Bonchev–Trinajstić information content (AvgIpc) is 2.50. The van der Waals surface area contributed by atoms with Crippen LogP contribution in [-0.4, -0.2) is 22.0 Å². The minimum Gasteiger partial charge on any atom is -0.479 e.